The predicted molar refractivity (Wildman–Crippen MR) is 126 cm³/mol. The monoisotopic (exact) mass is 491 g/mol. The van der Waals surface area contributed by atoms with Gasteiger partial charge in [-0.3, -0.25) is 10.1 Å². The van der Waals surface area contributed by atoms with E-state index in [2.05, 4.69) is 20.8 Å². The summed E-state index contributed by atoms with van der Waals surface area (Å²) in [6.45, 7) is 0.452. The zero-order valence-electron chi connectivity index (χ0n) is 17.0. The summed E-state index contributed by atoms with van der Waals surface area (Å²) in [5, 5.41) is 15.3. The highest BCUT2D eigenvalue weighted by atomic mass is 35.5. The summed E-state index contributed by atoms with van der Waals surface area (Å²) in [5.41, 5.74) is 1.23. The Morgan fingerprint density at radius 2 is 1.97 bits per heavy atom. The lowest BCUT2D eigenvalue weighted by Gasteiger charge is -2.24. The van der Waals surface area contributed by atoms with E-state index in [1.165, 1.54) is 16.2 Å². The summed E-state index contributed by atoms with van der Waals surface area (Å²) >= 11 is 13.4. The van der Waals surface area contributed by atoms with Crippen molar-refractivity contribution in [2.45, 2.75) is 18.9 Å². The van der Waals surface area contributed by atoms with Gasteiger partial charge in [0.15, 0.2) is 0 Å². The highest BCUT2D eigenvalue weighted by Gasteiger charge is 2.35. The first-order valence-electron chi connectivity index (χ1n) is 9.76. The van der Waals surface area contributed by atoms with Crippen LogP contribution in [0.25, 0.3) is 10.6 Å². The molecular formula is C21H19Cl2N5O3S. The van der Waals surface area contributed by atoms with Crippen molar-refractivity contribution in [3.8, 4) is 16.3 Å². The zero-order chi connectivity index (χ0) is 22.7. The third-order valence-corrected chi connectivity index (χ3v) is 6.69. The maximum absolute atomic E-state index is 12.9. The number of nitrogens with zero attached hydrogens (tertiary/aromatic N) is 3. The first-order valence-corrected chi connectivity index (χ1v) is 11.3. The second-order valence-corrected chi connectivity index (χ2v) is 8.78. The average Bonchev–Trinajstić information content (AvgIpc) is 3.47. The number of ether oxygens (including phenoxy) is 1. The lowest BCUT2D eigenvalue weighted by Crippen LogP contribution is -2.45. The standard InChI is InChI=1S/C21H19Cl2N5O3S/c1-31-13-6-2-5-12(11-13)19-26-27-20(32-19)25-18(29)16-9-4-10-28(16)21(30)24-15-8-3-7-14(22)17(15)23/h2-3,5-8,11,16H,4,9-10H2,1H3,(H,24,30)(H,25,27,29). The van der Waals surface area contributed by atoms with Crippen molar-refractivity contribution in [3.63, 3.8) is 0 Å². The first-order chi connectivity index (χ1) is 15.5. The summed E-state index contributed by atoms with van der Waals surface area (Å²) in [6, 6.07) is 11.4. The van der Waals surface area contributed by atoms with Crippen LogP contribution in [0.15, 0.2) is 42.5 Å². The molecule has 0 radical (unpaired) electrons. The molecule has 3 amide bonds. The number of carbonyl (C=O) groups is 2. The molecular weight excluding hydrogens is 473 g/mol. The number of benzene rings is 2. The van der Waals surface area contributed by atoms with Crippen LogP contribution < -0.4 is 15.4 Å². The maximum Gasteiger partial charge on any atom is 0.322 e. The zero-order valence-corrected chi connectivity index (χ0v) is 19.3. The van der Waals surface area contributed by atoms with Crippen LogP contribution in [-0.2, 0) is 4.79 Å². The number of aromatic nitrogens is 2. The van der Waals surface area contributed by atoms with Crippen LogP contribution in [0, 0.1) is 0 Å². The van der Waals surface area contributed by atoms with Gasteiger partial charge >= 0.3 is 6.03 Å². The molecule has 2 heterocycles. The van der Waals surface area contributed by atoms with E-state index in [1.54, 1.807) is 25.3 Å². The molecule has 2 aromatic carbocycles. The number of urea groups is 1. The second-order valence-electron chi connectivity index (χ2n) is 7.02. The van der Waals surface area contributed by atoms with Crippen LogP contribution in [0.3, 0.4) is 0 Å². The number of rotatable bonds is 5. The van der Waals surface area contributed by atoms with Crippen molar-refractivity contribution in [2.75, 3.05) is 24.3 Å². The summed E-state index contributed by atoms with van der Waals surface area (Å²) in [7, 11) is 1.59. The number of carbonyl (C=O) groups excluding carboxylic acids is 2. The molecule has 1 aromatic heterocycles. The lowest BCUT2D eigenvalue weighted by molar-refractivity contribution is -0.119. The van der Waals surface area contributed by atoms with Crippen LogP contribution >= 0.6 is 34.5 Å². The Hall–Kier alpha value is -2.88. The number of anilines is 2. The molecule has 1 atom stereocenters. The third-order valence-electron chi connectivity index (χ3n) is 4.98. The third kappa shape index (κ3) is 4.79. The van der Waals surface area contributed by atoms with E-state index in [0.29, 0.717) is 46.0 Å². The molecule has 4 rings (SSSR count). The molecule has 3 aromatic rings. The quantitative estimate of drug-likeness (QED) is 0.513. The van der Waals surface area contributed by atoms with E-state index in [0.717, 1.165) is 5.56 Å². The van der Waals surface area contributed by atoms with Gasteiger partial charge in [-0.2, -0.15) is 0 Å². The Kier molecular flexibility index (Phi) is 6.78. The largest absolute Gasteiger partial charge is 0.497 e. The molecule has 0 aliphatic carbocycles. The molecule has 32 heavy (non-hydrogen) atoms. The van der Waals surface area contributed by atoms with E-state index in [9.17, 15) is 9.59 Å². The molecule has 2 N–H and O–H groups in total. The molecule has 166 valence electrons. The number of hydrogen-bond acceptors (Lipinski definition) is 6. The fourth-order valence-corrected chi connectivity index (χ4v) is 4.50. The summed E-state index contributed by atoms with van der Waals surface area (Å²) < 4.78 is 5.23. The number of halogens is 2. The number of likely N-dealkylation sites (tertiary alicyclic amines) is 1. The Bertz CT molecular complexity index is 1160. The molecule has 1 saturated heterocycles. The average molecular weight is 492 g/mol. The van der Waals surface area contributed by atoms with Crippen LogP contribution in [0.2, 0.25) is 10.0 Å². The van der Waals surface area contributed by atoms with Crippen molar-refractivity contribution in [3.05, 3.63) is 52.5 Å². The van der Waals surface area contributed by atoms with Crippen LogP contribution in [0.1, 0.15) is 12.8 Å². The van der Waals surface area contributed by atoms with Crippen molar-refractivity contribution in [2.24, 2.45) is 0 Å². The molecule has 0 bridgehead atoms. The van der Waals surface area contributed by atoms with Crippen LogP contribution in [0.4, 0.5) is 15.6 Å². The van der Waals surface area contributed by atoms with Gasteiger partial charge in [-0.25, -0.2) is 4.79 Å². The van der Waals surface area contributed by atoms with Crippen molar-refractivity contribution in [1.29, 1.82) is 0 Å². The molecule has 11 heteroatoms. The smallest absolute Gasteiger partial charge is 0.322 e. The topological polar surface area (TPSA) is 96.5 Å². The Balaban J connectivity index is 1.43. The van der Waals surface area contributed by atoms with E-state index >= 15 is 0 Å². The Labute approximate surface area is 198 Å². The summed E-state index contributed by atoms with van der Waals surface area (Å²) in [4.78, 5) is 27.2. The van der Waals surface area contributed by atoms with Gasteiger partial charge in [0, 0.05) is 12.1 Å². The van der Waals surface area contributed by atoms with Crippen molar-refractivity contribution in [1.82, 2.24) is 15.1 Å². The van der Waals surface area contributed by atoms with Gasteiger partial charge in [0.25, 0.3) is 0 Å². The van der Waals surface area contributed by atoms with Gasteiger partial charge < -0.3 is 15.0 Å². The van der Waals surface area contributed by atoms with Crippen LogP contribution in [-0.4, -0.2) is 46.7 Å². The van der Waals surface area contributed by atoms with E-state index in [4.69, 9.17) is 27.9 Å². The molecule has 8 nitrogen and oxygen atoms in total. The molecule has 0 spiro atoms. The number of amides is 3. The van der Waals surface area contributed by atoms with Gasteiger partial charge in [-0.05, 0) is 37.1 Å². The Morgan fingerprint density at radius 3 is 2.78 bits per heavy atom. The molecule has 0 saturated carbocycles. The van der Waals surface area contributed by atoms with Gasteiger partial charge in [0.05, 0.1) is 22.8 Å². The minimum atomic E-state index is -0.628. The number of methoxy groups -OCH3 is 1. The molecule has 1 aliphatic heterocycles. The maximum atomic E-state index is 12.9. The van der Waals surface area contributed by atoms with E-state index in [1.807, 2.05) is 24.3 Å². The Morgan fingerprint density at radius 1 is 1.16 bits per heavy atom. The van der Waals surface area contributed by atoms with Gasteiger partial charge in [0.1, 0.15) is 16.8 Å². The van der Waals surface area contributed by atoms with Crippen molar-refractivity contribution >= 4 is 57.3 Å². The normalized spacial score (nSPS) is 15.5. The summed E-state index contributed by atoms with van der Waals surface area (Å²) in [5.74, 6) is 0.388. The van der Waals surface area contributed by atoms with E-state index in [-0.39, 0.29) is 10.9 Å². The fourth-order valence-electron chi connectivity index (χ4n) is 3.40. The van der Waals surface area contributed by atoms with Gasteiger partial charge in [-0.1, -0.05) is 52.7 Å². The second kappa shape index (κ2) is 9.72. The van der Waals surface area contributed by atoms with Gasteiger partial charge in [-0.15, -0.1) is 10.2 Å². The number of nitrogens with one attached hydrogen (secondary N) is 2. The number of hydrogen-bond donors (Lipinski definition) is 2. The predicted octanol–water partition coefficient (Wildman–Crippen LogP) is 5.16. The fraction of sp³-hybridized carbons (Fsp3) is 0.238. The molecule has 1 unspecified atom stereocenters. The summed E-state index contributed by atoms with van der Waals surface area (Å²) in [6.07, 6.45) is 1.25. The minimum absolute atomic E-state index is 0.252. The highest BCUT2D eigenvalue weighted by Crippen LogP contribution is 2.31. The van der Waals surface area contributed by atoms with Gasteiger partial charge in [0.2, 0.25) is 11.0 Å². The lowest BCUT2D eigenvalue weighted by atomic mass is 10.2. The SMILES string of the molecule is COc1cccc(-c2nnc(NC(=O)C3CCCN3C(=O)Nc3cccc(Cl)c3Cl)s2)c1. The minimum Gasteiger partial charge on any atom is -0.497 e. The first kappa shape index (κ1) is 22.3. The highest BCUT2D eigenvalue weighted by molar-refractivity contribution is 7.18. The van der Waals surface area contributed by atoms with Crippen molar-refractivity contribution < 1.29 is 14.3 Å². The van der Waals surface area contributed by atoms with Crippen LogP contribution in [0.5, 0.6) is 5.75 Å². The van der Waals surface area contributed by atoms with E-state index < -0.39 is 12.1 Å². The molecule has 1 fully saturated rings. The molecule has 1 aliphatic rings.